The largest absolute Gasteiger partial charge is 0.386 e. The van der Waals surface area contributed by atoms with Crippen molar-refractivity contribution in [3.63, 3.8) is 0 Å². The Kier molecular flexibility index (Phi) is 4.64. The third-order valence-corrected chi connectivity index (χ3v) is 5.04. The van der Waals surface area contributed by atoms with Crippen molar-refractivity contribution in [2.45, 2.75) is 12.8 Å². The molecule has 4 rings (SSSR count). The fourth-order valence-corrected chi connectivity index (χ4v) is 3.57. The Bertz CT molecular complexity index is 1160. The van der Waals surface area contributed by atoms with Crippen molar-refractivity contribution in [2.24, 2.45) is 0 Å². The first kappa shape index (κ1) is 18.5. The van der Waals surface area contributed by atoms with Crippen molar-refractivity contribution in [3.8, 4) is 11.1 Å². The third-order valence-electron chi connectivity index (χ3n) is 5.04. The lowest BCUT2D eigenvalue weighted by Gasteiger charge is -2.08. The summed E-state index contributed by atoms with van der Waals surface area (Å²) in [5, 5.41) is 0. The van der Waals surface area contributed by atoms with Gasteiger partial charge in [-0.15, -0.1) is 0 Å². The Morgan fingerprint density at radius 2 is 1.31 bits per heavy atom. The number of Topliss-reactive ketones (excluding diaryl/α,β-unsaturated/α-hetero) is 1. The fraction of sp³-hybridized carbons (Fsp3) is 0.0833. The molecule has 142 valence electrons. The normalized spacial score (nSPS) is 13.9. The molecular formula is C24H16O5. The number of aldehydes is 1. The highest BCUT2D eigenvalue weighted by Gasteiger charge is 2.30. The van der Waals surface area contributed by atoms with Crippen LogP contribution in [-0.4, -0.2) is 24.0 Å². The molecule has 1 aliphatic rings. The lowest BCUT2D eigenvalue weighted by molar-refractivity contribution is -0.108. The van der Waals surface area contributed by atoms with E-state index in [4.69, 9.17) is 4.74 Å². The predicted molar refractivity (Wildman–Crippen MR) is 106 cm³/mol. The van der Waals surface area contributed by atoms with Crippen LogP contribution >= 0.6 is 0 Å². The van der Waals surface area contributed by atoms with Crippen LogP contribution in [0.3, 0.4) is 0 Å². The summed E-state index contributed by atoms with van der Waals surface area (Å²) in [5.74, 6) is -2.20. The number of benzene rings is 3. The van der Waals surface area contributed by atoms with Gasteiger partial charge < -0.3 is 9.53 Å². The predicted octanol–water partition coefficient (Wildman–Crippen LogP) is 4.20. The molecule has 0 heterocycles. The van der Waals surface area contributed by atoms with E-state index in [9.17, 15) is 19.2 Å². The summed E-state index contributed by atoms with van der Waals surface area (Å²) in [4.78, 5) is 48.1. The van der Waals surface area contributed by atoms with E-state index in [1.165, 1.54) is 6.92 Å². The molecule has 3 aromatic carbocycles. The van der Waals surface area contributed by atoms with Gasteiger partial charge in [0.15, 0.2) is 5.78 Å². The van der Waals surface area contributed by atoms with Gasteiger partial charge in [0.2, 0.25) is 0 Å². The summed E-state index contributed by atoms with van der Waals surface area (Å²) in [6, 6.07) is 18.3. The van der Waals surface area contributed by atoms with Gasteiger partial charge in [-0.05, 0) is 59.5 Å². The van der Waals surface area contributed by atoms with E-state index in [-0.39, 0.29) is 16.9 Å². The smallest absolute Gasteiger partial charge is 0.346 e. The third kappa shape index (κ3) is 3.27. The van der Waals surface area contributed by atoms with Gasteiger partial charge in [0.25, 0.3) is 0 Å². The molecule has 0 fully saturated rings. The number of ketones is 1. The zero-order chi connectivity index (χ0) is 20.5. The van der Waals surface area contributed by atoms with Gasteiger partial charge in [-0.1, -0.05) is 36.4 Å². The van der Waals surface area contributed by atoms with Crippen molar-refractivity contribution in [1.29, 1.82) is 0 Å². The first-order chi connectivity index (χ1) is 14.0. The standard InChI is InChI=1S/C24H16O5/c1-14(26)16-7-9-18-19-10-8-17(12-21(19)22(13-25)20(18)11-16)24(28)29-23(27)15-5-3-2-4-6-15/h2-13,22H,1H3. The van der Waals surface area contributed by atoms with Crippen LogP contribution in [0.15, 0.2) is 66.7 Å². The van der Waals surface area contributed by atoms with Gasteiger partial charge in [0, 0.05) is 5.56 Å². The molecular weight excluding hydrogens is 368 g/mol. The van der Waals surface area contributed by atoms with Crippen LogP contribution in [0.1, 0.15) is 55.0 Å². The number of ether oxygens (including phenoxy) is 1. The molecule has 0 aromatic heterocycles. The molecule has 0 saturated heterocycles. The number of carbonyl (C=O) groups is 4. The average molecular weight is 384 g/mol. The SMILES string of the molecule is CC(=O)c1ccc2c(c1)C(C=O)c1cc(C(=O)OC(=O)c3ccccc3)ccc1-2. The minimum Gasteiger partial charge on any atom is -0.386 e. The maximum absolute atomic E-state index is 12.5. The zero-order valence-electron chi connectivity index (χ0n) is 15.5. The van der Waals surface area contributed by atoms with Gasteiger partial charge in [-0.3, -0.25) is 4.79 Å². The fourth-order valence-electron chi connectivity index (χ4n) is 3.57. The molecule has 5 nitrogen and oxygen atoms in total. The first-order valence-electron chi connectivity index (χ1n) is 9.05. The molecule has 1 aliphatic carbocycles. The molecule has 0 spiro atoms. The zero-order valence-corrected chi connectivity index (χ0v) is 15.5. The summed E-state index contributed by atoms with van der Waals surface area (Å²) in [5.41, 5.74) is 4.03. The molecule has 29 heavy (non-hydrogen) atoms. The van der Waals surface area contributed by atoms with Crippen molar-refractivity contribution in [3.05, 3.63) is 94.5 Å². The molecule has 3 aromatic rings. The topological polar surface area (TPSA) is 77.5 Å². The first-order valence-corrected chi connectivity index (χ1v) is 9.05. The molecule has 1 unspecified atom stereocenters. The number of carbonyl (C=O) groups excluding carboxylic acids is 4. The van der Waals surface area contributed by atoms with Crippen molar-refractivity contribution in [1.82, 2.24) is 0 Å². The highest BCUT2D eigenvalue weighted by Crippen LogP contribution is 2.44. The highest BCUT2D eigenvalue weighted by molar-refractivity contribution is 6.03. The van der Waals surface area contributed by atoms with Gasteiger partial charge in [-0.2, -0.15) is 0 Å². The van der Waals surface area contributed by atoms with Crippen LogP contribution in [-0.2, 0) is 9.53 Å². The highest BCUT2D eigenvalue weighted by atomic mass is 16.6. The Balaban J connectivity index is 1.66. The molecule has 5 heteroatoms. The van der Waals surface area contributed by atoms with E-state index >= 15 is 0 Å². The Hall–Kier alpha value is -3.86. The maximum atomic E-state index is 12.5. The number of hydrogen-bond acceptors (Lipinski definition) is 5. The van der Waals surface area contributed by atoms with E-state index in [0.29, 0.717) is 11.1 Å². The van der Waals surface area contributed by atoms with E-state index < -0.39 is 17.9 Å². The van der Waals surface area contributed by atoms with Crippen LogP contribution in [0.5, 0.6) is 0 Å². The Morgan fingerprint density at radius 1 is 0.759 bits per heavy atom. The molecule has 1 atom stereocenters. The van der Waals surface area contributed by atoms with Gasteiger partial charge in [0.1, 0.15) is 6.29 Å². The van der Waals surface area contributed by atoms with Gasteiger partial charge in [0.05, 0.1) is 17.0 Å². The van der Waals surface area contributed by atoms with Crippen LogP contribution in [0.2, 0.25) is 0 Å². The second-order valence-corrected chi connectivity index (χ2v) is 6.82. The lowest BCUT2D eigenvalue weighted by atomic mass is 9.96. The molecule has 0 aliphatic heterocycles. The molecule has 0 amide bonds. The number of fused-ring (bicyclic) bond motifs is 3. The number of hydrogen-bond donors (Lipinski definition) is 0. The molecule has 0 N–H and O–H groups in total. The van der Waals surface area contributed by atoms with E-state index in [1.807, 2.05) is 6.07 Å². The Labute approximate surface area is 166 Å². The Morgan fingerprint density at radius 3 is 1.90 bits per heavy atom. The summed E-state index contributed by atoms with van der Waals surface area (Å²) >= 11 is 0. The van der Waals surface area contributed by atoms with E-state index in [2.05, 4.69) is 0 Å². The summed E-state index contributed by atoms with van der Waals surface area (Å²) < 4.78 is 4.97. The summed E-state index contributed by atoms with van der Waals surface area (Å²) in [7, 11) is 0. The van der Waals surface area contributed by atoms with Crippen LogP contribution in [0.25, 0.3) is 11.1 Å². The van der Waals surface area contributed by atoms with E-state index in [1.54, 1.807) is 60.7 Å². The second-order valence-electron chi connectivity index (χ2n) is 6.82. The van der Waals surface area contributed by atoms with Crippen LogP contribution < -0.4 is 0 Å². The van der Waals surface area contributed by atoms with Crippen LogP contribution in [0, 0.1) is 0 Å². The monoisotopic (exact) mass is 384 g/mol. The van der Waals surface area contributed by atoms with Gasteiger partial charge in [-0.25, -0.2) is 9.59 Å². The summed E-state index contributed by atoms with van der Waals surface area (Å²) in [6.07, 6.45) is 0.790. The minimum absolute atomic E-state index is 0.0860. The quantitative estimate of drug-likeness (QED) is 0.292. The van der Waals surface area contributed by atoms with Crippen molar-refractivity contribution < 1.29 is 23.9 Å². The lowest BCUT2D eigenvalue weighted by Crippen LogP contribution is -2.13. The molecule has 0 bridgehead atoms. The molecule has 0 saturated carbocycles. The summed E-state index contributed by atoms with van der Waals surface area (Å²) in [6.45, 7) is 1.47. The minimum atomic E-state index is -0.785. The average Bonchev–Trinajstić information content (AvgIpc) is 3.06. The van der Waals surface area contributed by atoms with Crippen molar-refractivity contribution >= 4 is 24.0 Å². The number of esters is 2. The van der Waals surface area contributed by atoms with E-state index in [0.717, 1.165) is 23.0 Å². The second kappa shape index (κ2) is 7.28. The number of rotatable bonds is 4. The van der Waals surface area contributed by atoms with Gasteiger partial charge >= 0.3 is 11.9 Å². The van der Waals surface area contributed by atoms with Crippen molar-refractivity contribution in [2.75, 3.05) is 0 Å². The molecule has 0 radical (unpaired) electrons. The maximum Gasteiger partial charge on any atom is 0.346 e. The van der Waals surface area contributed by atoms with Crippen LogP contribution in [0.4, 0.5) is 0 Å².